The van der Waals surface area contributed by atoms with Crippen molar-refractivity contribution in [2.24, 2.45) is 7.05 Å². The highest BCUT2D eigenvalue weighted by Crippen LogP contribution is 2.24. The van der Waals surface area contributed by atoms with Gasteiger partial charge in [0.2, 0.25) is 0 Å². The third-order valence-electron chi connectivity index (χ3n) is 2.91. The molecule has 20 heavy (non-hydrogen) atoms. The molecule has 1 aromatic carbocycles. The molecule has 6 heteroatoms. The third kappa shape index (κ3) is 3.09. The van der Waals surface area contributed by atoms with Crippen molar-refractivity contribution in [3.8, 4) is 11.5 Å². The lowest BCUT2D eigenvalue weighted by molar-refractivity contribution is 0.399. The van der Waals surface area contributed by atoms with Gasteiger partial charge in [0.25, 0.3) is 5.56 Å². The van der Waals surface area contributed by atoms with Crippen molar-refractivity contribution in [2.75, 3.05) is 19.5 Å². The summed E-state index contributed by atoms with van der Waals surface area (Å²) in [5.41, 5.74) is 0.803. The van der Waals surface area contributed by atoms with Crippen LogP contribution in [0.25, 0.3) is 0 Å². The van der Waals surface area contributed by atoms with E-state index in [0.29, 0.717) is 12.4 Å². The number of anilines is 1. The van der Waals surface area contributed by atoms with E-state index < -0.39 is 0 Å². The molecule has 0 spiro atoms. The quantitative estimate of drug-likeness (QED) is 0.893. The summed E-state index contributed by atoms with van der Waals surface area (Å²) in [6.07, 6.45) is 0. The molecule has 0 aliphatic rings. The molecule has 0 fully saturated rings. The van der Waals surface area contributed by atoms with E-state index in [1.807, 2.05) is 18.2 Å². The summed E-state index contributed by atoms with van der Waals surface area (Å²) in [6.45, 7) is 0.519. The number of hydrogen-bond donors (Lipinski definition) is 1. The molecule has 0 radical (unpaired) electrons. The van der Waals surface area contributed by atoms with Gasteiger partial charge in [0.05, 0.1) is 14.2 Å². The predicted molar refractivity (Wildman–Crippen MR) is 76.4 cm³/mol. The Hall–Kier alpha value is -2.50. The van der Waals surface area contributed by atoms with Crippen LogP contribution in [0.1, 0.15) is 5.56 Å². The van der Waals surface area contributed by atoms with Gasteiger partial charge >= 0.3 is 0 Å². The first-order chi connectivity index (χ1) is 9.63. The average molecular weight is 275 g/mol. The molecule has 2 rings (SSSR count). The first-order valence-electron chi connectivity index (χ1n) is 6.13. The fraction of sp³-hybridized carbons (Fsp3) is 0.286. The van der Waals surface area contributed by atoms with Crippen LogP contribution in [0.5, 0.6) is 11.5 Å². The number of nitrogens with one attached hydrogen (secondary N) is 1. The Morgan fingerprint density at radius 2 is 2.00 bits per heavy atom. The Morgan fingerprint density at radius 3 is 2.65 bits per heavy atom. The highest BCUT2D eigenvalue weighted by Gasteiger charge is 2.05. The molecule has 0 saturated carbocycles. The molecular weight excluding hydrogens is 258 g/mol. The number of nitrogens with zero attached hydrogens (tertiary/aromatic N) is 2. The van der Waals surface area contributed by atoms with E-state index in [4.69, 9.17) is 9.47 Å². The van der Waals surface area contributed by atoms with Gasteiger partial charge in [-0.05, 0) is 24.3 Å². The number of benzene rings is 1. The molecule has 0 aliphatic carbocycles. The summed E-state index contributed by atoms with van der Waals surface area (Å²) >= 11 is 0. The molecule has 0 saturated heterocycles. The normalized spacial score (nSPS) is 10.2. The second-order valence-corrected chi connectivity index (χ2v) is 4.21. The van der Waals surface area contributed by atoms with Crippen LogP contribution < -0.4 is 20.3 Å². The van der Waals surface area contributed by atoms with Crippen molar-refractivity contribution < 1.29 is 9.47 Å². The van der Waals surface area contributed by atoms with Crippen molar-refractivity contribution in [2.45, 2.75) is 6.54 Å². The smallest absolute Gasteiger partial charge is 0.266 e. The molecule has 0 unspecified atom stereocenters. The van der Waals surface area contributed by atoms with Crippen molar-refractivity contribution in [1.29, 1.82) is 0 Å². The lowest BCUT2D eigenvalue weighted by Gasteiger charge is -2.12. The summed E-state index contributed by atoms with van der Waals surface area (Å²) in [4.78, 5) is 11.3. The van der Waals surface area contributed by atoms with Crippen LogP contribution in [0.2, 0.25) is 0 Å². The molecule has 0 bridgehead atoms. The zero-order chi connectivity index (χ0) is 14.5. The molecule has 6 nitrogen and oxygen atoms in total. The summed E-state index contributed by atoms with van der Waals surface area (Å²) in [7, 11) is 4.85. The predicted octanol–water partition coefficient (Wildman–Crippen LogP) is 1.41. The van der Waals surface area contributed by atoms with Crippen LogP contribution in [-0.2, 0) is 13.6 Å². The molecule has 1 aromatic heterocycles. The molecule has 2 aromatic rings. The summed E-state index contributed by atoms with van der Waals surface area (Å²) < 4.78 is 11.8. The van der Waals surface area contributed by atoms with Crippen molar-refractivity contribution >= 4 is 5.82 Å². The van der Waals surface area contributed by atoms with Gasteiger partial charge in [-0.1, -0.05) is 0 Å². The van der Waals surface area contributed by atoms with Crippen LogP contribution in [0, 0.1) is 0 Å². The SMILES string of the molecule is COc1ccc(OC)c(CNc2ccc(=O)n(C)n2)c1. The van der Waals surface area contributed by atoms with Gasteiger partial charge in [-0.3, -0.25) is 4.79 Å². The number of rotatable bonds is 5. The highest BCUT2D eigenvalue weighted by molar-refractivity contribution is 5.43. The monoisotopic (exact) mass is 275 g/mol. The molecule has 0 amide bonds. The number of aryl methyl sites for hydroxylation is 1. The van der Waals surface area contributed by atoms with Gasteiger partial charge in [0, 0.05) is 25.2 Å². The Bertz CT molecular complexity index is 652. The van der Waals surface area contributed by atoms with Crippen LogP contribution in [0.3, 0.4) is 0 Å². The number of methoxy groups -OCH3 is 2. The van der Waals surface area contributed by atoms with E-state index in [2.05, 4.69) is 10.4 Å². The fourth-order valence-electron chi connectivity index (χ4n) is 1.80. The van der Waals surface area contributed by atoms with Crippen molar-refractivity contribution in [1.82, 2.24) is 9.78 Å². The highest BCUT2D eigenvalue weighted by atomic mass is 16.5. The number of hydrogen-bond acceptors (Lipinski definition) is 5. The zero-order valence-corrected chi connectivity index (χ0v) is 11.7. The average Bonchev–Trinajstić information content (AvgIpc) is 2.48. The molecule has 0 atom stereocenters. The summed E-state index contributed by atoms with van der Waals surface area (Å²) in [5, 5.41) is 7.26. The zero-order valence-electron chi connectivity index (χ0n) is 11.7. The summed E-state index contributed by atoms with van der Waals surface area (Å²) in [6, 6.07) is 8.71. The van der Waals surface area contributed by atoms with Crippen LogP contribution >= 0.6 is 0 Å². The molecule has 0 aliphatic heterocycles. The van der Waals surface area contributed by atoms with Gasteiger partial charge < -0.3 is 14.8 Å². The number of aromatic nitrogens is 2. The first kappa shape index (κ1) is 13.9. The van der Waals surface area contributed by atoms with E-state index in [1.54, 1.807) is 27.3 Å². The van der Waals surface area contributed by atoms with E-state index >= 15 is 0 Å². The minimum atomic E-state index is -0.144. The minimum Gasteiger partial charge on any atom is -0.497 e. The molecule has 106 valence electrons. The standard InChI is InChI=1S/C14H17N3O3/c1-17-14(18)7-6-13(16-17)15-9-10-8-11(19-2)4-5-12(10)20-3/h4-8H,9H2,1-3H3,(H,15,16). The lowest BCUT2D eigenvalue weighted by Crippen LogP contribution is -2.19. The molecule has 1 N–H and O–H groups in total. The Morgan fingerprint density at radius 1 is 1.20 bits per heavy atom. The van der Waals surface area contributed by atoms with Gasteiger partial charge in [-0.25, -0.2) is 4.68 Å². The Kier molecular flexibility index (Phi) is 4.24. The summed E-state index contributed by atoms with van der Waals surface area (Å²) in [5.74, 6) is 2.15. The third-order valence-corrected chi connectivity index (χ3v) is 2.91. The first-order valence-corrected chi connectivity index (χ1v) is 6.13. The van der Waals surface area contributed by atoms with Gasteiger partial charge in [0.1, 0.15) is 17.3 Å². The second-order valence-electron chi connectivity index (χ2n) is 4.21. The van der Waals surface area contributed by atoms with Crippen LogP contribution in [-0.4, -0.2) is 24.0 Å². The minimum absolute atomic E-state index is 0.144. The van der Waals surface area contributed by atoms with Crippen LogP contribution in [0.4, 0.5) is 5.82 Å². The van der Waals surface area contributed by atoms with E-state index in [9.17, 15) is 4.79 Å². The van der Waals surface area contributed by atoms with E-state index in [0.717, 1.165) is 17.1 Å². The number of ether oxygens (including phenoxy) is 2. The van der Waals surface area contributed by atoms with Gasteiger partial charge in [-0.2, -0.15) is 5.10 Å². The van der Waals surface area contributed by atoms with Crippen molar-refractivity contribution in [3.63, 3.8) is 0 Å². The Labute approximate surface area is 117 Å². The molecular formula is C14H17N3O3. The maximum Gasteiger partial charge on any atom is 0.266 e. The van der Waals surface area contributed by atoms with Gasteiger partial charge in [0.15, 0.2) is 0 Å². The van der Waals surface area contributed by atoms with Crippen LogP contribution in [0.15, 0.2) is 35.1 Å². The maximum atomic E-state index is 11.3. The van der Waals surface area contributed by atoms with E-state index in [-0.39, 0.29) is 5.56 Å². The second kappa shape index (κ2) is 6.10. The topological polar surface area (TPSA) is 65.4 Å². The largest absolute Gasteiger partial charge is 0.497 e. The van der Waals surface area contributed by atoms with E-state index in [1.165, 1.54) is 10.7 Å². The Balaban J connectivity index is 2.17. The van der Waals surface area contributed by atoms with Crippen molar-refractivity contribution in [3.05, 3.63) is 46.2 Å². The maximum absolute atomic E-state index is 11.3. The fourth-order valence-corrected chi connectivity index (χ4v) is 1.80. The molecule has 1 heterocycles. The lowest BCUT2D eigenvalue weighted by atomic mass is 10.2. The van der Waals surface area contributed by atoms with Gasteiger partial charge in [-0.15, -0.1) is 0 Å².